The lowest BCUT2D eigenvalue weighted by Crippen LogP contribution is -2.36. The van der Waals surface area contributed by atoms with E-state index in [1.807, 2.05) is 0 Å². The number of aryl methyl sites for hydroxylation is 1. The Balaban J connectivity index is 2.09. The van der Waals surface area contributed by atoms with Crippen LogP contribution in [0.25, 0.3) is 0 Å². The molecule has 0 N–H and O–H groups in total. The van der Waals surface area contributed by atoms with Gasteiger partial charge in [-0.05, 0) is 37.4 Å². The zero-order chi connectivity index (χ0) is 10.7. The lowest BCUT2D eigenvalue weighted by Gasteiger charge is -2.31. The Hall–Kier alpha value is -1.26. The first kappa shape index (κ1) is 10.3. The Morgan fingerprint density at radius 3 is 2.87 bits per heavy atom. The monoisotopic (exact) mass is 199 g/mol. The molecule has 15 heavy (non-hydrogen) atoms. The van der Waals surface area contributed by atoms with Crippen molar-refractivity contribution in [3.63, 3.8) is 0 Å². The molecule has 1 aromatic carbocycles. The van der Waals surface area contributed by atoms with Crippen LogP contribution in [0.1, 0.15) is 17.5 Å². The summed E-state index contributed by atoms with van der Waals surface area (Å²) >= 11 is 0. The number of likely N-dealkylation sites (N-methyl/N-ethyl adjacent to an activating group) is 1. The van der Waals surface area contributed by atoms with Gasteiger partial charge in [-0.1, -0.05) is 30.2 Å². The summed E-state index contributed by atoms with van der Waals surface area (Å²) < 4.78 is 0. The Kier molecular flexibility index (Phi) is 3.08. The van der Waals surface area contributed by atoms with E-state index in [1.165, 1.54) is 24.0 Å². The highest BCUT2D eigenvalue weighted by Gasteiger charge is 2.20. The summed E-state index contributed by atoms with van der Waals surface area (Å²) in [7, 11) is 2.12. The molecule has 0 fully saturated rings. The number of nitrogens with zero attached hydrogens (tertiary/aromatic N) is 1. The van der Waals surface area contributed by atoms with Gasteiger partial charge in [0.15, 0.2) is 0 Å². The second-order valence-corrected chi connectivity index (χ2v) is 4.28. The van der Waals surface area contributed by atoms with Crippen LogP contribution in [0.4, 0.5) is 0 Å². The van der Waals surface area contributed by atoms with Gasteiger partial charge in [-0.3, -0.25) is 4.90 Å². The number of fused-ring (bicyclic) bond motifs is 1. The van der Waals surface area contributed by atoms with Crippen LogP contribution < -0.4 is 0 Å². The van der Waals surface area contributed by atoms with Crippen molar-refractivity contribution in [2.45, 2.75) is 25.3 Å². The standard InChI is InChI=1S/C14H17N/c1-3-10-15(2)14-9-8-12-6-4-5-7-13(12)11-14/h1,4-7,14H,8-11H2,2H3. The van der Waals surface area contributed by atoms with Crippen LogP contribution in [0.5, 0.6) is 0 Å². The topological polar surface area (TPSA) is 3.24 Å². The highest BCUT2D eigenvalue weighted by molar-refractivity contribution is 5.30. The predicted molar refractivity (Wildman–Crippen MR) is 63.7 cm³/mol. The summed E-state index contributed by atoms with van der Waals surface area (Å²) in [6.45, 7) is 0.757. The molecule has 0 heterocycles. The minimum absolute atomic E-state index is 0.621. The third-order valence-corrected chi connectivity index (χ3v) is 3.28. The molecule has 1 heteroatoms. The summed E-state index contributed by atoms with van der Waals surface area (Å²) in [4.78, 5) is 2.29. The summed E-state index contributed by atoms with van der Waals surface area (Å²) in [5.41, 5.74) is 3.01. The molecule has 1 nitrogen and oxygen atoms in total. The van der Waals surface area contributed by atoms with Crippen molar-refractivity contribution < 1.29 is 0 Å². The molecular formula is C14H17N. The van der Waals surface area contributed by atoms with Crippen molar-refractivity contribution in [2.75, 3.05) is 13.6 Å². The summed E-state index contributed by atoms with van der Waals surface area (Å²) in [6, 6.07) is 9.36. The molecule has 1 aromatic rings. The summed E-state index contributed by atoms with van der Waals surface area (Å²) in [5, 5.41) is 0. The Bertz CT molecular complexity index is 375. The van der Waals surface area contributed by atoms with Crippen LogP contribution in [0.3, 0.4) is 0 Å². The molecule has 1 aliphatic rings. The van der Waals surface area contributed by atoms with Crippen LogP contribution in [0.2, 0.25) is 0 Å². The number of hydrogen-bond donors (Lipinski definition) is 0. The van der Waals surface area contributed by atoms with Crippen molar-refractivity contribution in [3.05, 3.63) is 35.4 Å². The van der Waals surface area contributed by atoms with Gasteiger partial charge in [0.05, 0.1) is 6.54 Å². The molecule has 2 rings (SSSR count). The molecule has 0 aliphatic heterocycles. The van der Waals surface area contributed by atoms with Gasteiger partial charge in [0, 0.05) is 6.04 Å². The zero-order valence-electron chi connectivity index (χ0n) is 9.24. The Morgan fingerprint density at radius 1 is 1.40 bits per heavy atom. The van der Waals surface area contributed by atoms with Gasteiger partial charge >= 0.3 is 0 Å². The van der Waals surface area contributed by atoms with Crippen molar-refractivity contribution >= 4 is 0 Å². The third-order valence-electron chi connectivity index (χ3n) is 3.28. The fraction of sp³-hybridized carbons (Fsp3) is 0.429. The van der Waals surface area contributed by atoms with E-state index in [0.29, 0.717) is 6.04 Å². The van der Waals surface area contributed by atoms with Gasteiger partial charge in [-0.25, -0.2) is 0 Å². The van der Waals surface area contributed by atoms with E-state index in [-0.39, 0.29) is 0 Å². The van der Waals surface area contributed by atoms with E-state index in [1.54, 1.807) is 0 Å². The lowest BCUT2D eigenvalue weighted by molar-refractivity contribution is 0.247. The van der Waals surface area contributed by atoms with Gasteiger partial charge in [-0.2, -0.15) is 0 Å². The fourth-order valence-corrected chi connectivity index (χ4v) is 2.33. The maximum absolute atomic E-state index is 5.34. The smallest absolute Gasteiger partial charge is 0.0598 e. The highest BCUT2D eigenvalue weighted by atomic mass is 15.1. The normalized spacial score (nSPS) is 19.7. The van der Waals surface area contributed by atoms with E-state index >= 15 is 0 Å². The number of rotatable bonds is 2. The second-order valence-electron chi connectivity index (χ2n) is 4.28. The quantitative estimate of drug-likeness (QED) is 0.659. The number of hydrogen-bond acceptors (Lipinski definition) is 1. The van der Waals surface area contributed by atoms with Gasteiger partial charge in [0.25, 0.3) is 0 Å². The van der Waals surface area contributed by atoms with E-state index in [2.05, 4.69) is 42.1 Å². The fourth-order valence-electron chi connectivity index (χ4n) is 2.33. The molecule has 1 unspecified atom stereocenters. The molecular weight excluding hydrogens is 182 g/mol. The highest BCUT2D eigenvalue weighted by Crippen LogP contribution is 2.23. The predicted octanol–water partition coefficient (Wildman–Crippen LogP) is 2.11. The van der Waals surface area contributed by atoms with E-state index in [0.717, 1.165) is 13.0 Å². The van der Waals surface area contributed by atoms with E-state index in [9.17, 15) is 0 Å². The van der Waals surface area contributed by atoms with Gasteiger partial charge < -0.3 is 0 Å². The molecule has 0 amide bonds. The largest absolute Gasteiger partial charge is 0.292 e. The second kappa shape index (κ2) is 4.51. The van der Waals surface area contributed by atoms with Crippen molar-refractivity contribution in [1.82, 2.24) is 4.90 Å². The first-order valence-corrected chi connectivity index (χ1v) is 5.51. The maximum atomic E-state index is 5.34. The average Bonchev–Trinajstić information content (AvgIpc) is 2.29. The molecule has 0 saturated heterocycles. The minimum Gasteiger partial charge on any atom is -0.292 e. The van der Waals surface area contributed by atoms with Gasteiger partial charge in [0.2, 0.25) is 0 Å². The molecule has 1 aliphatic carbocycles. The van der Waals surface area contributed by atoms with Crippen molar-refractivity contribution in [2.24, 2.45) is 0 Å². The van der Waals surface area contributed by atoms with E-state index in [4.69, 9.17) is 6.42 Å². The third kappa shape index (κ3) is 2.22. The van der Waals surface area contributed by atoms with Crippen LogP contribution >= 0.6 is 0 Å². The number of benzene rings is 1. The molecule has 0 radical (unpaired) electrons. The average molecular weight is 199 g/mol. The molecule has 0 saturated carbocycles. The van der Waals surface area contributed by atoms with E-state index < -0.39 is 0 Å². The molecule has 0 aromatic heterocycles. The van der Waals surface area contributed by atoms with Gasteiger partial charge in [-0.15, -0.1) is 6.42 Å². The van der Waals surface area contributed by atoms with Crippen LogP contribution in [0, 0.1) is 12.3 Å². The van der Waals surface area contributed by atoms with Crippen LogP contribution in [-0.4, -0.2) is 24.5 Å². The summed E-state index contributed by atoms with van der Waals surface area (Å²) in [5.74, 6) is 2.71. The maximum Gasteiger partial charge on any atom is 0.0598 e. The number of terminal acetylenes is 1. The zero-order valence-corrected chi connectivity index (χ0v) is 9.24. The SMILES string of the molecule is C#CCN(C)C1CCc2ccccc2C1. The molecule has 1 atom stereocenters. The molecule has 0 bridgehead atoms. The summed E-state index contributed by atoms with van der Waals surface area (Å²) in [6.07, 6.45) is 8.91. The first-order chi connectivity index (χ1) is 7.31. The van der Waals surface area contributed by atoms with Crippen LogP contribution in [0.15, 0.2) is 24.3 Å². The Labute approximate surface area is 92.1 Å². The van der Waals surface area contributed by atoms with Gasteiger partial charge in [0.1, 0.15) is 0 Å². The minimum atomic E-state index is 0.621. The van der Waals surface area contributed by atoms with Crippen LogP contribution in [-0.2, 0) is 12.8 Å². The molecule has 0 spiro atoms. The molecule has 78 valence electrons. The Morgan fingerprint density at radius 2 is 2.13 bits per heavy atom. The lowest BCUT2D eigenvalue weighted by atomic mass is 9.88. The van der Waals surface area contributed by atoms with Crippen molar-refractivity contribution in [1.29, 1.82) is 0 Å². The van der Waals surface area contributed by atoms with Crippen molar-refractivity contribution in [3.8, 4) is 12.3 Å². The first-order valence-electron chi connectivity index (χ1n) is 5.51.